The van der Waals surface area contributed by atoms with Gasteiger partial charge in [-0.15, -0.1) is 11.6 Å². The van der Waals surface area contributed by atoms with Crippen molar-refractivity contribution >= 4 is 22.6 Å². The number of hydrogen-bond acceptors (Lipinski definition) is 3. The Bertz CT molecular complexity index is 475. The number of halogens is 1. The third-order valence-electron chi connectivity index (χ3n) is 2.28. The molecular weight excluding hydrogens is 224 g/mol. The van der Waals surface area contributed by atoms with Crippen molar-refractivity contribution in [1.29, 1.82) is 0 Å². The van der Waals surface area contributed by atoms with E-state index in [2.05, 4.69) is 9.97 Å². The van der Waals surface area contributed by atoms with E-state index < -0.39 is 0 Å². The Labute approximate surface area is 99.4 Å². The number of para-hydroxylation sites is 2. The molecule has 0 bridgehead atoms. The summed E-state index contributed by atoms with van der Waals surface area (Å²) >= 11 is 6.07. The van der Waals surface area contributed by atoms with E-state index in [0.29, 0.717) is 13.0 Å². The molecule has 0 aliphatic heterocycles. The number of rotatable bonds is 4. The molecule has 2 aromatic rings. The highest BCUT2D eigenvalue weighted by Crippen LogP contribution is 2.11. The molecule has 0 spiro atoms. The molecular formula is C12H13ClN2O. The highest BCUT2D eigenvalue weighted by atomic mass is 35.5. The summed E-state index contributed by atoms with van der Waals surface area (Å²) < 4.78 is 4.98. The molecule has 1 atom stereocenters. The number of aromatic nitrogens is 2. The summed E-state index contributed by atoms with van der Waals surface area (Å²) in [5.41, 5.74) is 2.71. The molecule has 3 nitrogen and oxygen atoms in total. The largest absolute Gasteiger partial charge is 0.383 e. The molecule has 0 saturated carbocycles. The van der Waals surface area contributed by atoms with Gasteiger partial charge in [-0.2, -0.15) is 0 Å². The first-order valence-corrected chi connectivity index (χ1v) is 5.57. The van der Waals surface area contributed by atoms with Crippen molar-refractivity contribution in [2.75, 3.05) is 13.7 Å². The molecule has 0 amide bonds. The second kappa shape index (κ2) is 5.23. The number of nitrogens with zero attached hydrogens (tertiary/aromatic N) is 2. The predicted octanol–water partition coefficient (Wildman–Crippen LogP) is 2.43. The van der Waals surface area contributed by atoms with Gasteiger partial charge in [0.25, 0.3) is 0 Å². The maximum absolute atomic E-state index is 6.07. The minimum Gasteiger partial charge on any atom is -0.383 e. The quantitative estimate of drug-likeness (QED) is 0.765. The summed E-state index contributed by atoms with van der Waals surface area (Å²) in [5.74, 6) is 0. The van der Waals surface area contributed by atoms with Crippen LogP contribution in [0, 0.1) is 0 Å². The number of benzene rings is 1. The fourth-order valence-electron chi connectivity index (χ4n) is 1.56. The van der Waals surface area contributed by atoms with E-state index in [4.69, 9.17) is 16.3 Å². The van der Waals surface area contributed by atoms with Gasteiger partial charge in [0.15, 0.2) is 0 Å². The predicted molar refractivity (Wildman–Crippen MR) is 64.8 cm³/mol. The number of ether oxygens (including phenoxy) is 1. The van der Waals surface area contributed by atoms with Gasteiger partial charge in [-0.1, -0.05) is 12.1 Å². The topological polar surface area (TPSA) is 35.0 Å². The summed E-state index contributed by atoms with van der Waals surface area (Å²) in [5, 5.41) is -0.0551. The molecule has 0 radical (unpaired) electrons. The Morgan fingerprint density at radius 3 is 2.81 bits per heavy atom. The summed E-state index contributed by atoms with van der Waals surface area (Å²) in [7, 11) is 1.64. The molecule has 4 heteroatoms. The van der Waals surface area contributed by atoms with E-state index in [1.54, 1.807) is 13.3 Å². The Morgan fingerprint density at radius 2 is 2.06 bits per heavy atom. The molecule has 0 aliphatic rings. The van der Waals surface area contributed by atoms with Crippen molar-refractivity contribution in [2.24, 2.45) is 0 Å². The van der Waals surface area contributed by atoms with E-state index in [1.165, 1.54) is 0 Å². The van der Waals surface area contributed by atoms with Crippen LogP contribution in [0.3, 0.4) is 0 Å². The second-order valence-electron chi connectivity index (χ2n) is 3.61. The van der Waals surface area contributed by atoms with Gasteiger partial charge in [0.05, 0.1) is 28.7 Å². The van der Waals surface area contributed by atoms with Crippen molar-refractivity contribution in [1.82, 2.24) is 9.97 Å². The van der Waals surface area contributed by atoms with Crippen LogP contribution < -0.4 is 0 Å². The third kappa shape index (κ3) is 2.68. The summed E-state index contributed by atoms with van der Waals surface area (Å²) in [6.07, 6.45) is 2.45. The normalized spacial score (nSPS) is 12.9. The molecule has 2 rings (SSSR count). The molecule has 1 aromatic carbocycles. The smallest absolute Gasteiger partial charge is 0.0890 e. The average molecular weight is 237 g/mol. The Balaban J connectivity index is 2.19. The zero-order chi connectivity index (χ0) is 11.4. The van der Waals surface area contributed by atoms with Crippen LogP contribution in [0.4, 0.5) is 0 Å². The van der Waals surface area contributed by atoms with Crippen LogP contribution in [0.25, 0.3) is 11.0 Å². The first-order chi connectivity index (χ1) is 7.79. The van der Waals surface area contributed by atoms with Crippen LogP contribution >= 0.6 is 11.6 Å². The van der Waals surface area contributed by atoms with Gasteiger partial charge >= 0.3 is 0 Å². The molecule has 16 heavy (non-hydrogen) atoms. The monoisotopic (exact) mass is 236 g/mol. The lowest BCUT2D eigenvalue weighted by atomic mass is 10.2. The molecule has 0 N–H and O–H groups in total. The first kappa shape index (κ1) is 11.3. The fraction of sp³-hybridized carbons (Fsp3) is 0.333. The summed E-state index contributed by atoms with van der Waals surface area (Å²) in [6.45, 7) is 0.524. The van der Waals surface area contributed by atoms with Crippen LogP contribution in [0.1, 0.15) is 5.69 Å². The molecule has 0 fully saturated rings. The maximum atomic E-state index is 6.07. The van der Waals surface area contributed by atoms with Gasteiger partial charge in [-0.25, -0.2) is 4.98 Å². The molecule has 0 saturated heterocycles. The SMILES string of the molecule is COCC(Cl)Cc1cnc2ccccc2n1. The molecule has 0 aliphatic carbocycles. The lowest BCUT2D eigenvalue weighted by molar-refractivity contribution is 0.197. The minimum atomic E-state index is -0.0551. The highest BCUT2D eigenvalue weighted by molar-refractivity contribution is 6.20. The lowest BCUT2D eigenvalue weighted by Crippen LogP contribution is -2.11. The first-order valence-electron chi connectivity index (χ1n) is 5.13. The Kier molecular flexibility index (Phi) is 3.70. The van der Waals surface area contributed by atoms with Crippen molar-refractivity contribution < 1.29 is 4.74 Å². The van der Waals surface area contributed by atoms with E-state index >= 15 is 0 Å². The van der Waals surface area contributed by atoms with Gasteiger partial charge in [0.1, 0.15) is 0 Å². The van der Waals surface area contributed by atoms with Crippen LogP contribution in [-0.2, 0) is 11.2 Å². The van der Waals surface area contributed by atoms with Crippen molar-refractivity contribution in [3.8, 4) is 0 Å². The molecule has 1 unspecified atom stereocenters. The third-order valence-corrected chi connectivity index (χ3v) is 2.56. The van der Waals surface area contributed by atoms with Crippen molar-refractivity contribution in [3.05, 3.63) is 36.2 Å². The fourth-order valence-corrected chi connectivity index (χ4v) is 1.84. The second-order valence-corrected chi connectivity index (χ2v) is 4.22. The zero-order valence-electron chi connectivity index (χ0n) is 9.06. The Morgan fingerprint density at radius 1 is 1.31 bits per heavy atom. The van der Waals surface area contributed by atoms with Gasteiger partial charge in [-0.3, -0.25) is 4.98 Å². The molecule has 1 aromatic heterocycles. The van der Waals surface area contributed by atoms with Crippen LogP contribution in [-0.4, -0.2) is 29.1 Å². The van der Waals surface area contributed by atoms with Crippen molar-refractivity contribution in [2.45, 2.75) is 11.8 Å². The highest BCUT2D eigenvalue weighted by Gasteiger charge is 2.07. The van der Waals surface area contributed by atoms with Gasteiger partial charge < -0.3 is 4.74 Å². The maximum Gasteiger partial charge on any atom is 0.0890 e. The molecule has 1 heterocycles. The number of fused-ring (bicyclic) bond motifs is 1. The lowest BCUT2D eigenvalue weighted by Gasteiger charge is -2.07. The zero-order valence-corrected chi connectivity index (χ0v) is 9.81. The van der Waals surface area contributed by atoms with Gasteiger partial charge in [-0.05, 0) is 12.1 Å². The average Bonchev–Trinajstić information content (AvgIpc) is 2.29. The standard InChI is InChI=1S/C12H13ClN2O/c1-16-8-9(13)6-10-7-14-11-4-2-3-5-12(11)15-10/h2-5,7,9H,6,8H2,1H3. The van der Waals surface area contributed by atoms with Crippen molar-refractivity contribution in [3.63, 3.8) is 0 Å². The molecule has 84 valence electrons. The summed E-state index contributed by atoms with van der Waals surface area (Å²) in [6, 6.07) is 7.80. The van der Waals surface area contributed by atoms with Gasteiger partial charge in [0, 0.05) is 19.7 Å². The minimum absolute atomic E-state index is 0.0551. The number of methoxy groups -OCH3 is 1. The number of alkyl halides is 1. The van der Waals surface area contributed by atoms with Gasteiger partial charge in [0.2, 0.25) is 0 Å². The van der Waals surface area contributed by atoms with Crippen LogP contribution in [0.2, 0.25) is 0 Å². The van der Waals surface area contributed by atoms with Crippen LogP contribution in [0.15, 0.2) is 30.5 Å². The number of hydrogen-bond donors (Lipinski definition) is 0. The van der Waals surface area contributed by atoms with Crippen LogP contribution in [0.5, 0.6) is 0 Å². The van der Waals surface area contributed by atoms with E-state index in [1.807, 2.05) is 24.3 Å². The van der Waals surface area contributed by atoms with E-state index in [0.717, 1.165) is 16.7 Å². The Hall–Kier alpha value is -1.19. The summed E-state index contributed by atoms with van der Waals surface area (Å²) in [4.78, 5) is 8.83. The van der Waals surface area contributed by atoms with E-state index in [-0.39, 0.29) is 5.38 Å². The van der Waals surface area contributed by atoms with E-state index in [9.17, 15) is 0 Å².